The van der Waals surface area contributed by atoms with E-state index in [9.17, 15) is 8.42 Å². The molecule has 0 spiro atoms. The second kappa shape index (κ2) is 5.17. The van der Waals surface area contributed by atoms with E-state index in [2.05, 4.69) is 15.3 Å². The van der Waals surface area contributed by atoms with Gasteiger partial charge in [0.25, 0.3) is 10.0 Å². The summed E-state index contributed by atoms with van der Waals surface area (Å²) in [4.78, 5) is 8.38. The molecule has 1 N–H and O–H groups in total. The lowest BCUT2D eigenvalue weighted by atomic mass is 10.2. The number of fused-ring (bicyclic) bond motifs is 1. The number of anilines is 1. The maximum absolute atomic E-state index is 12.4. The second-order valence-electron chi connectivity index (χ2n) is 4.59. The lowest BCUT2D eigenvalue weighted by Gasteiger charge is -2.28. The minimum atomic E-state index is -3.60. The Labute approximate surface area is 123 Å². The Hall–Kier alpha value is -2.41. The van der Waals surface area contributed by atoms with Crippen LogP contribution in [0.1, 0.15) is 5.56 Å². The van der Waals surface area contributed by atoms with E-state index in [1.165, 1.54) is 13.2 Å². The Morgan fingerprint density at radius 2 is 2.00 bits per heavy atom. The first-order chi connectivity index (χ1) is 10.1. The fourth-order valence-electron chi connectivity index (χ4n) is 2.04. The van der Waals surface area contributed by atoms with Gasteiger partial charge in [-0.1, -0.05) is 30.3 Å². The van der Waals surface area contributed by atoms with Gasteiger partial charge in [0.05, 0.1) is 12.2 Å². The minimum Gasteiger partial charge on any atom is -0.324 e. The largest absolute Gasteiger partial charge is 0.324 e. The van der Waals surface area contributed by atoms with Gasteiger partial charge in [0.15, 0.2) is 0 Å². The van der Waals surface area contributed by atoms with Crippen molar-refractivity contribution in [2.45, 2.75) is 11.4 Å². The van der Waals surface area contributed by atoms with Crippen molar-refractivity contribution in [1.29, 1.82) is 0 Å². The number of hydrogen-bond acceptors (Lipinski definition) is 4. The zero-order valence-electron chi connectivity index (χ0n) is 11.4. The van der Waals surface area contributed by atoms with Crippen LogP contribution in [0, 0.1) is 0 Å². The normalized spacial score (nSPS) is 18.1. The maximum atomic E-state index is 12.4. The number of aromatic nitrogens is 1. The first-order valence-corrected chi connectivity index (χ1v) is 7.81. The van der Waals surface area contributed by atoms with Crippen molar-refractivity contribution in [1.82, 2.24) is 9.29 Å². The van der Waals surface area contributed by atoms with Crippen LogP contribution in [0.25, 0.3) is 0 Å². The summed E-state index contributed by atoms with van der Waals surface area (Å²) in [7, 11) is -2.12. The Morgan fingerprint density at radius 1 is 1.24 bits per heavy atom. The Bertz CT molecular complexity index is 788. The number of nitrogens with one attached hydrogen (secondary N) is 1. The topological polar surface area (TPSA) is 74.7 Å². The predicted octanol–water partition coefficient (Wildman–Crippen LogP) is 1.68. The number of rotatable bonds is 2. The predicted molar refractivity (Wildman–Crippen MR) is 80.4 cm³/mol. The summed E-state index contributed by atoms with van der Waals surface area (Å²) in [6.45, 7) is 0.406. The van der Waals surface area contributed by atoms with Crippen molar-refractivity contribution in [3.63, 3.8) is 0 Å². The zero-order valence-corrected chi connectivity index (χ0v) is 12.2. The molecule has 3 rings (SSSR count). The van der Waals surface area contributed by atoms with Crippen LogP contribution in [0.5, 0.6) is 0 Å². The minimum absolute atomic E-state index is 0.158. The first kappa shape index (κ1) is 13.6. The summed E-state index contributed by atoms with van der Waals surface area (Å²) < 4.78 is 25.9. The molecule has 1 aliphatic heterocycles. The molecule has 1 aromatic carbocycles. The highest BCUT2D eigenvalue weighted by molar-refractivity contribution is 7.90. The van der Waals surface area contributed by atoms with Gasteiger partial charge >= 0.3 is 0 Å². The number of aliphatic imine (C=N–C) groups is 1. The Morgan fingerprint density at radius 3 is 2.76 bits per heavy atom. The fraction of sp³-hybridized carbons (Fsp3) is 0.143. The molecule has 0 saturated carbocycles. The van der Waals surface area contributed by atoms with Gasteiger partial charge in [0.1, 0.15) is 4.90 Å². The highest BCUT2D eigenvalue weighted by Gasteiger charge is 2.32. The summed E-state index contributed by atoms with van der Waals surface area (Å²) >= 11 is 0. The van der Waals surface area contributed by atoms with Crippen LogP contribution in [0.15, 0.2) is 58.7 Å². The maximum Gasteiger partial charge on any atom is 0.269 e. The molecule has 1 aromatic heterocycles. The molecular formula is C14H14N4O2S. The third-order valence-corrected chi connectivity index (χ3v) is 5.00. The van der Waals surface area contributed by atoms with Crippen LogP contribution in [0.2, 0.25) is 0 Å². The third-order valence-electron chi connectivity index (χ3n) is 3.22. The van der Waals surface area contributed by atoms with Gasteiger partial charge in [-0.2, -0.15) is 0 Å². The van der Waals surface area contributed by atoms with Crippen LogP contribution in [0.4, 0.5) is 5.69 Å². The number of benzene rings is 1. The molecule has 0 fully saturated rings. The lowest BCUT2D eigenvalue weighted by molar-refractivity contribution is 0.548. The van der Waals surface area contributed by atoms with E-state index in [0.29, 0.717) is 18.2 Å². The highest BCUT2D eigenvalue weighted by atomic mass is 32.2. The molecule has 0 unspecified atom stereocenters. The molecule has 0 amide bonds. The van der Waals surface area contributed by atoms with Gasteiger partial charge < -0.3 is 5.32 Å². The molecule has 2 aromatic rings. The number of nitrogens with zero attached hydrogens (tertiary/aromatic N) is 3. The van der Waals surface area contributed by atoms with Gasteiger partial charge in [-0.15, -0.1) is 0 Å². The van der Waals surface area contributed by atoms with E-state index in [1.807, 2.05) is 30.3 Å². The fourth-order valence-corrected chi connectivity index (χ4v) is 3.26. The highest BCUT2D eigenvalue weighted by Crippen LogP contribution is 2.27. The van der Waals surface area contributed by atoms with E-state index in [1.54, 1.807) is 12.3 Å². The number of guanidine groups is 1. The molecule has 108 valence electrons. The average Bonchev–Trinajstić information content (AvgIpc) is 2.51. The van der Waals surface area contributed by atoms with Gasteiger partial charge in [-0.25, -0.2) is 17.7 Å². The van der Waals surface area contributed by atoms with Gasteiger partial charge in [-0.05, 0) is 11.6 Å². The van der Waals surface area contributed by atoms with Gasteiger partial charge in [0.2, 0.25) is 5.96 Å². The summed E-state index contributed by atoms with van der Waals surface area (Å²) in [6.07, 6.45) is 2.88. The van der Waals surface area contributed by atoms with Crippen molar-refractivity contribution in [2.24, 2.45) is 4.99 Å². The third kappa shape index (κ3) is 2.47. The molecular weight excluding hydrogens is 288 g/mol. The van der Waals surface area contributed by atoms with E-state index in [4.69, 9.17) is 0 Å². The van der Waals surface area contributed by atoms with Crippen molar-refractivity contribution >= 4 is 21.7 Å². The molecule has 7 heteroatoms. The molecule has 2 heterocycles. The smallest absolute Gasteiger partial charge is 0.269 e. The molecule has 0 aliphatic carbocycles. The summed E-state index contributed by atoms with van der Waals surface area (Å²) in [5, 5.41) is 3.03. The van der Waals surface area contributed by atoms with E-state index in [0.717, 1.165) is 9.87 Å². The average molecular weight is 302 g/mol. The molecule has 21 heavy (non-hydrogen) atoms. The molecule has 1 aliphatic rings. The SMILES string of the molecule is CN1C(=NCc2ccccc2)Nc2ccncc2S1(=O)=O. The van der Waals surface area contributed by atoms with Gasteiger partial charge in [-0.3, -0.25) is 4.98 Å². The number of sulfonamides is 1. The van der Waals surface area contributed by atoms with E-state index in [-0.39, 0.29) is 4.90 Å². The molecule has 0 saturated heterocycles. The van der Waals surface area contributed by atoms with Crippen LogP contribution in [0.3, 0.4) is 0 Å². The van der Waals surface area contributed by atoms with E-state index >= 15 is 0 Å². The zero-order chi connectivity index (χ0) is 14.9. The molecule has 0 atom stereocenters. The summed E-state index contributed by atoms with van der Waals surface area (Å²) in [5.74, 6) is 0.303. The van der Waals surface area contributed by atoms with Crippen molar-refractivity contribution in [3.05, 3.63) is 54.4 Å². The second-order valence-corrected chi connectivity index (χ2v) is 6.53. The van der Waals surface area contributed by atoms with Crippen molar-refractivity contribution in [3.8, 4) is 0 Å². The quantitative estimate of drug-likeness (QED) is 0.916. The van der Waals surface area contributed by atoms with Crippen molar-refractivity contribution in [2.75, 3.05) is 12.4 Å². The summed E-state index contributed by atoms with van der Waals surface area (Å²) in [5.41, 5.74) is 1.51. The van der Waals surface area contributed by atoms with Crippen LogP contribution < -0.4 is 5.32 Å². The lowest BCUT2D eigenvalue weighted by Crippen LogP contribution is -2.42. The standard InChI is InChI=1S/C14H14N4O2S/c1-18-14(16-9-11-5-3-2-4-6-11)17-12-7-8-15-10-13(12)21(18,19)20/h2-8,10H,9H2,1H3,(H,16,17). The van der Waals surface area contributed by atoms with Crippen LogP contribution >= 0.6 is 0 Å². The first-order valence-electron chi connectivity index (χ1n) is 6.37. The van der Waals surface area contributed by atoms with Crippen LogP contribution in [-0.2, 0) is 16.6 Å². The summed E-state index contributed by atoms with van der Waals surface area (Å²) in [6, 6.07) is 11.3. The molecule has 0 radical (unpaired) electrons. The molecule has 6 nitrogen and oxygen atoms in total. The Balaban J connectivity index is 1.95. The molecule has 0 bridgehead atoms. The Kier molecular flexibility index (Phi) is 3.34. The van der Waals surface area contributed by atoms with Crippen molar-refractivity contribution < 1.29 is 8.42 Å². The van der Waals surface area contributed by atoms with E-state index < -0.39 is 10.0 Å². The number of hydrogen-bond donors (Lipinski definition) is 1. The van der Waals surface area contributed by atoms with Gasteiger partial charge in [0, 0.05) is 19.4 Å². The monoisotopic (exact) mass is 302 g/mol. The van der Waals surface area contributed by atoms with Crippen LogP contribution in [-0.4, -0.2) is 30.7 Å². The number of pyridine rings is 1.